The first-order chi connectivity index (χ1) is 9.52. The zero-order valence-corrected chi connectivity index (χ0v) is 13.2. The van der Waals surface area contributed by atoms with E-state index < -0.39 is 5.97 Å². The first-order valence-corrected chi connectivity index (χ1v) is 7.99. The third kappa shape index (κ3) is 3.30. The maximum Gasteiger partial charge on any atom is 0.347 e. The van der Waals surface area contributed by atoms with Crippen LogP contribution in [-0.2, 0) is 6.42 Å². The van der Waals surface area contributed by atoms with Gasteiger partial charge in [0.1, 0.15) is 4.88 Å². The summed E-state index contributed by atoms with van der Waals surface area (Å²) in [5.74, 6) is -0.853. The van der Waals surface area contributed by atoms with Gasteiger partial charge >= 0.3 is 5.97 Å². The van der Waals surface area contributed by atoms with Gasteiger partial charge < -0.3 is 14.9 Å². The zero-order valence-electron chi connectivity index (χ0n) is 12.4. The fraction of sp³-hybridized carbons (Fsp3) is 0.714. The fourth-order valence-electron chi connectivity index (χ4n) is 2.60. The molecule has 20 heavy (non-hydrogen) atoms. The molecule has 1 saturated heterocycles. The summed E-state index contributed by atoms with van der Waals surface area (Å²) >= 11 is 1.31. The number of carboxylic acid groups (broad SMARTS) is 1. The van der Waals surface area contributed by atoms with Crippen molar-refractivity contribution in [1.29, 1.82) is 0 Å². The average molecular weight is 297 g/mol. The van der Waals surface area contributed by atoms with Gasteiger partial charge in [-0.25, -0.2) is 9.78 Å². The summed E-state index contributed by atoms with van der Waals surface area (Å²) in [6.45, 7) is 4.23. The normalized spacial score (nSPS) is 17.4. The van der Waals surface area contributed by atoms with Gasteiger partial charge in [-0.3, -0.25) is 0 Å². The lowest BCUT2D eigenvalue weighted by molar-refractivity contribution is 0.0700. The van der Waals surface area contributed by atoms with Crippen LogP contribution in [0.15, 0.2) is 0 Å². The molecular weight excluding hydrogens is 274 g/mol. The van der Waals surface area contributed by atoms with Crippen LogP contribution in [0.2, 0.25) is 0 Å². The molecule has 0 radical (unpaired) electrons. The monoisotopic (exact) mass is 297 g/mol. The largest absolute Gasteiger partial charge is 0.477 e. The van der Waals surface area contributed by atoms with Crippen molar-refractivity contribution in [2.24, 2.45) is 0 Å². The number of nitrogens with zero attached hydrogens (tertiary/aromatic N) is 3. The quantitative estimate of drug-likeness (QED) is 0.904. The molecule has 0 aliphatic carbocycles. The van der Waals surface area contributed by atoms with Crippen LogP contribution in [0.3, 0.4) is 0 Å². The van der Waals surface area contributed by atoms with Crippen LogP contribution < -0.4 is 4.90 Å². The molecule has 1 fully saturated rings. The average Bonchev–Trinajstić information content (AvgIpc) is 2.83. The third-order valence-corrected chi connectivity index (χ3v) is 5.08. The van der Waals surface area contributed by atoms with Crippen LogP contribution in [0.4, 0.5) is 5.13 Å². The Morgan fingerprint density at radius 1 is 1.50 bits per heavy atom. The Morgan fingerprint density at radius 3 is 2.70 bits per heavy atom. The number of anilines is 1. The van der Waals surface area contributed by atoms with Crippen molar-refractivity contribution >= 4 is 22.4 Å². The smallest absolute Gasteiger partial charge is 0.347 e. The second kappa shape index (κ2) is 6.54. The molecule has 1 N–H and O–H groups in total. The molecule has 2 heterocycles. The van der Waals surface area contributed by atoms with E-state index in [1.165, 1.54) is 11.3 Å². The summed E-state index contributed by atoms with van der Waals surface area (Å²) in [5, 5.41) is 10.1. The predicted molar refractivity (Wildman–Crippen MR) is 82.0 cm³/mol. The number of carbonyl (C=O) groups is 1. The molecule has 0 unspecified atom stereocenters. The number of likely N-dealkylation sites (tertiary alicyclic amines) is 1. The number of rotatable bonds is 5. The number of thiazole rings is 1. The molecule has 0 saturated carbocycles. The molecule has 1 aromatic rings. The number of hydrogen-bond acceptors (Lipinski definition) is 5. The van der Waals surface area contributed by atoms with Gasteiger partial charge in [-0.1, -0.05) is 24.7 Å². The van der Waals surface area contributed by atoms with Crippen LogP contribution in [0, 0.1) is 0 Å². The van der Waals surface area contributed by atoms with E-state index in [1.807, 2.05) is 14.0 Å². The van der Waals surface area contributed by atoms with E-state index in [2.05, 4.69) is 21.8 Å². The van der Waals surface area contributed by atoms with Gasteiger partial charge in [0.2, 0.25) is 0 Å². The van der Waals surface area contributed by atoms with Gasteiger partial charge in [0, 0.05) is 13.1 Å². The Hall–Kier alpha value is -1.14. The highest BCUT2D eigenvalue weighted by atomic mass is 32.1. The van der Waals surface area contributed by atoms with Crippen molar-refractivity contribution in [2.75, 3.05) is 32.1 Å². The molecule has 0 bridgehead atoms. The molecule has 6 heteroatoms. The topological polar surface area (TPSA) is 56.7 Å². The molecule has 112 valence electrons. The van der Waals surface area contributed by atoms with E-state index in [-0.39, 0.29) is 0 Å². The summed E-state index contributed by atoms with van der Waals surface area (Å²) < 4.78 is 0. The van der Waals surface area contributed by atoms with Gasteiger partial charge in [0.15, 0.2) is 5.13 Å². The van der Waals surface area contributed by atoms with Crippen molar-refractivity contribution < 1.29 is 9.90 Å². The molecule has 0 atom stereocenters. The molecule has 5 nitrogen and oxygen atoms in total. The Labute approximate surface area is 124 Å². The SMILES string of the molecule is CCCc1nc(N(C)C2CCN(C)CC2)sc1C(=O)O. The van der Waals surface area contributed by atoms with Crippen LogP contribution in [0.25, 0.3) is 0 Å². The van der Waals surface area contributed by atoms with Crippen molar-refractivity contribution in [3.63, 3.8) is 0 Å². The molecule has 2 rings (SSSR count). The first kappa shape index (κ1) is 15.3. The summed E-state index contributed by atoms with van der Waals surface area (Å²) in [6.07, 6.45) is 3.87. The molecule has 0 spiro atoms. The van der Waals surface area contributed by atoms with Crippen molar-refractivity contribution in [1.82, 2.24) is 9.88 Å². The highest BCUT2D eigenvalue weighted by Crippen LogP contribution is 2.29. The molecule has 0 amide bonds. The number of carboxylic acids is 1. The fourth-order valence-corrected chi connectivity index (χ4v) is 3.59. The minimum atomic E-state index is -0.853. The minimum Gasteiger partial charge on any atom is -0.477 e. The standard InChI is InChI=1S/C14H23N3O2S/c1-4-5-11-12(13(18)19)20-14(15-11)17(3)10-6-8-16(2)9-7-10/h10H,4-9H2,1-3H3,(H,18,19). The van der Waals surface area contributed by atoms with Gasteiger partial charge in [0.05, 0.1) is 5.69 Å². The van der Waals surface area contributed by atoms with Gasteiger partial charge in [0.25, 0.3) is 0 Å². The van der Waals surface area contributed by atoms with E-state index in [0.717, 1.165) is 49.6 Å². The Bertz CT molecular complexity index is 467. The van der Waals surface area contributed by atoms with Crippen LogP contribution in [0.1, 0.15) is 41.6 Å². The Kier molecular flexibility index (Phi) is 4.99. The van der Waals surface area contributed by atoms with Gasteiger partial charge in [-0.05, 0) is 39.4 Å². The molecular formula is C14H23N3O2S. The number of aryl methyl sites for hydroxylation is 1. The van der Waals surface area contributed by atoms with E-state index in [0.29, 0.717) is 10.9 Å². The van der Waals surface area contributed by atoms with E-state index in [1.54, 1.807) is 0 Å². The van der Waals surface area contributed by atoms with E-state index >= 15 is 0 Å². The lowest BCUT2D eigenvalue weighted by Crippen LogP contribution is -2.41. The second-order valence-electron chi connectivity index (χ2n) is 5.47. The van der Waals surface area contributed by atoms with Crippen molar-refractivity contribution in [3.05, 3.63) is 10.6 Å². The highest BCUT2D eigenvalue weighted by Gasteiger charge is 2.25. The molecule has 1 aromatic heterocycles. The summed E-state index contributed by atoms with van der Waals surface area (Å²) in [4.78, 5) is 20.8. The van der Waals surface area contributed by atoms with E-state index in [4.69, 9.17) is 0 Å². The molecule has 1 aliphatic heterocycles. The highest BCUT2D eigenvalue weighted by molar-refractivity contribution is 7.17. The lowest BCUT2D eigenvalue weighted by Gasteiger charge is -2.34. The van der Waals surface area contributed by atoms with E-state index in [9.17, 15) is 9.90 Å². The summed E-state index contributed by atoms with van der Waals surface area (Å²) in [6, 6.07) is 0.466. The number of piperidine rings is 1. The third-order valence-electron chi connectivity index (χ3n) is 3.90. The summed E-state index contributed by atoms with van der Waals surface area (Å²) in [7, 11) is 4.18. The maximum absolute atomic E-state index is 11.3. The maximum atomic E-state index is 11.3. The molecule has 1 aliphatic rings. The van der Waals surface area contributed by atoms with Crippen LogP contribution in [0.5, 0.6) is 0 Å². The first-order valence-electron chi connectivity index (χ1n) is 7.17. The molecule has 0 aromatic carbocycles. The van der Waals surface area contributed by atoms with Gasteiger partial charge in [-0.15, -0.1) is 0 Å². The number of aromatic nitrogens is 1. The van der Waals surface area contributed by atoms with Crippen LogP contribution >= 0.6 is 11.3 Å². The van der Waals surface area contributed by atoms with Crippen molar-refractivity contribution in [2.45, 2.75) is 38.6 Å². The lowest BCUT2D eigenvalue weighted by atomic mass is 10.0. The van der Waals surface area contributed by atoms with Gasteiger partial charge in [-0.2, -0.15) is 0 Å². The van der Waals surface area contributed by atoms with Crippen LogP contribution in [-0.4, -0.2) is 54.2 Å². The Balaban J connectivity index is 2.15. The minimum absolute atomic E-state index is 0.404. The predicted octanol–water partition coefficient (Wildman–Crippen LogP) is 2.32. The number of hydrogen-bond donors (Lipinski definition) is 1. The Morgan fingerprint density at radius 2 is 2.15 bits per heavy atom. The van der Waals surface area contributed by atoms with Crippen molar-refractivity contribution in [3.8, 4) is 0 Å². The summed E-state index contributed by atoms with van der Waals surface area (Å²) in [5.41, 5.74) is 0.736. The second-order valence-corrected chi connectivity index (χ2v) is 6.45. The number of aromatic carboxylic acids is 1. The zero-order chi connectivity index (χ0) is 14.7.